The summed E-state index contributed by atoms with van der Waals surface area (Å²) in [6.45, 7) is 8.28. The third-order valence-corrected chi connectivity index (χ3v) is 6.32. The summed E-state index contributed by atoms with van der Waals surface area (Å²) in [6.07, 6.45) is 5.72. The van der Waals surface area contributed by atoms with E-state index in [9.17, 15) is 9.59 Å². The van der Waals surface area contributed by atoms with Gasteiger partial charge in [-0.3, -0.25) is 0 Å². The standard InChI is InChI=1S/C19H22O2.C16H16O2/c1-3-4-5-6-16-9-11-17(12-10-16)19(20)21-18-13-7-15(2)8-14-18;1-3-13-6-10-15(11-7-13)18-16(17)14-8-4-12(2)5-9-14/h7-14H,3-6H2,1-2H3;4-11H,3H2,1-2H3. The van der Waals surface area contributed by atoms with E-state index in [0.29, 0.717) is 22.6 Å². The molecule has 0 radical (unpaired) electrons. The van der Waals surface area contributed by atoms with Crippen molar-refractivity contribution in [1.82, 2.24) is 0 Å². The molecule has 39 heavy (non-hydrogen) atoms. The molecule has 0 bridgehead atoms. The minimum Gasteiger partial charge on any atom is -0.423 e. The molecular formula is C35H38O4. The Morgan fingerprint density at radius 1 is 0.538 bits per heavy atom. The van der Waals surface area contributed by atoms with Crippen molar-refractivity contribution in [3.63, 3.8) is 0 Å². The fourth-order valence-corrected chi connectivity index (χ4v) is 3.81. The first-order chi connectivity index (χ1) is 18.9. The van der Waals surface area contributed by atoms with E-state index in [1.54, 1.807) is 12.1 Å². The zero-order chi connectivity index (χ0) is 28.0. The van der Waals surface area contributed by atoms with Gasteiger partial charge in [-0.15, -0.1) is 0 Å². The molecule has 0 aromatic heterocycles. The zero-order valence-corrected chi connectivity index (χ0v) is 23.4. The third-order valence-electron chi connectivity index (χ3n) is 6.32. The molecule has 4 aromatic carbocycles. The minimum atomic E-state index is -0.320. The molecule has 0 heterocycles. The van der Waals surface area contributed by atoms with Crippen molar-refractivity contribution in [1.29, 1.82) is 0 Å². The first-order valence-electron chi connectivity index (χ1n) is 13.6. The van der Waals surface area contributed by atoms with Gasteiger partial charge in [0.05, 0.1) is 11.1 Å². The van der Waals surface area contributed by atoms with Crippen molar-refractivity contribution in [2.24, 2.45) is 0 Å². The van der Waals surface area contributed by atoms with Crippen LogP contribution in [-0.2, 0) is 12.8 Å². The molecule has 202 valence electrons. The predicted octanol–water partition coefficient (Wildman–Crippen LogP) is 8.72. The van der Waals surface area contributed by atoms with Crippen LogP contribution in [0.3, 0.4) is 0 Å². The fraction of sp³-hybridized carbons (Fsp3) is 0.257. The maximum atomic E-state index is 12.0. The smallest absolute Gasteiger partial charge is 0.343 e. The summed E-state index contributed by atoms with van der Waals surface area (Å²) in [5.74, 6) is 0.536. The Bertz CT molecular complexity index is 1300. The number of aryl methyl sites for hydroxylation is 4. The highest BCUT2D eigenvalue weighted by Crippen LogP contribution is 2.16. The lowest BCUT2D eigenvalue weighted by Gasteiger charge is -2.06. The van der Waals surface area contributed by atoms with Crippen molar-refractivity contribution in [3.05, 3.63) is 130 Å². The summed E-state index contributed by atoms with van der Waals surface area (Å²) in [6, 6.07) is 30.1. The topological polar surface area (TPSA) is 52.6 Å². The lowest BCUT2D eigenvalue weighted by molar-refractivity contribution is 0.0725. The van der Waals surface area contributed by atoms with Gasteiger partial charge in [-0.2, -0.15) is 0 Å². The number of esters is 2. The molecule has 4 nitrogen and oxygen atoms in total. The lowest BCUT2D eigenvalue weighted by Crippen LogP contribution is -2.08. The normalized spacial score (nSPS) is 10.3. The second kappa shape index (κ2) is 15.3. The molecular weight excluding hydrogens is 484 g/mol. The van der Waals surface area contributed by atoms with Gasteiger partial charge >= 0.3 is 11.9 Å². The van der Waals surface area contributed by atoms with Gasteiger partial charge in [0.2, 0.25) is 0 Å². The van der Waals surface area contributed by atoms with Crippen molar-refractivity contribution >= 4 is 11.9 Å². The second-order valence-electron chi connectivity index (χ2n) is 9.61. The van der Waals surface area contributed by atoms with Gasteiger partial charge in [-0.25, -0.2) is 9.59 Å². The first kappa shape index (κ1) is 29.4. The molecule has 0 atom stereocenters. The number of hydrogen-bond donors (Lipinski definition) is 0. The molecule has 0 N–H and O–H groups in total. The van der Waals surface area contributed by atoms with E-state index < -0.39 is 0 Å². The monoisotopic (exact) mass is 522 g/mol. The number of rotatable bonds is 9. The van der Waals surface area contributed by atoms with Crippen LogP contribution in [0.25, 0.3) is 0 Å². The Morgan fingerprint density at radius 3 is 1.41 bits per heavy atom. The van der Waals surface area contributed by atoms with Crippen LogP contribution in [0.5, 0.6) is 11.5 Å². The largest absolute Gasteiger partial charge is 0.423 e. The van der Waals surface area contributed by atoms with Crippen LogP contribution in [0.1, 0.15) is 76.1 Å². The zero-order valence-electron chi connectivity index (χ0n) is 23.4. The van der Waals surface area contributed by atoms with E-state index in [2.05, 4.69) is 13.8 Å². The molecule has 0 unspecified atom stereocenters. The van der Waals surface area contributed by atoms with Crippen LogP contribution in [0.15, 0.2) is 97.1 Å². The van der Waals surface area contributed by atoms with Crippen molar-refractivity contribution in [2.75, 3.05) is 0 Å². The van der Waals surface area contributed by atoms with E-state index in [4.69, 9.17) is 9.47 Å². The Kier molecular flexibility index (Phi) is 11.5. The molecule has 0 aliphatic rings. The van der Waals surface area contributed by atoms with Gasteiger partial charge in [0, 0.05) is 0 Å². The van der Waals surface area contributed by atoms with Crippen molar-refractivity contribution in [2.45, 2.75) is 59.8 Å². The molecule has 0 saturated carbocycles. The number of unbranched alkanes of at least 4 members (excludes halogenated alkanes) is 2. The molecule has 4 heteroatoms. The molecule has 0 saturated heterocycles. The molecule has 0 amide bonds. The van der Waals surface area contributed by atoms with Gasteiger partial charge in [-0.05, 0) is 92.8 Å². The summed E-state index contributed by atoms with van der Waals surface area (Å²) >= 11 is 0. The summed E-state index contributed by atoms with van der Waals surface area (Å²) in [5, 5.41) is 0. The lowest BCUT2D eigenvalue weighted by atomic mass is 10.1. The van der Waals surface area contributed by atoms with Crippen LogP contribution >= 0.6 is 0 Å². The highest BCUT2D eigenvalue weighted by molar-refractivity contribution is 5.91. The minimum absolute atomic E-state index is 0.307. The predicted molar refractivity (Wildman–Crippen MR) is 158 cm³/mol. The van der Waals surface area contributed by atoms with E-state index in [1.165, 1.54) is 30.4 Å². The molecule has 4 aromatic rings. The van der Waals surface area contributed by atoms with Crippen LogP contribution in [0.4, 0.5) is 0 Å². The van der Waals surface area contributed by atoms with E-state index in [-0.39, 0.29) is 11.9 Å². The Labute approximate surface area is 232 Å². The molecule has 0 spiro atoms. The number of benzene rings is 4. The maximum Gasteiger partial charge on any atom is 0.343 e. The van der Waals surface area contributed by atoms with Gasteiger partial charge in [0.25, 0.3) is 0 Å². The average Bonchev–Trinajstić information content (AvgIpc) is 2.96. The summed E-state index contributed by atoms with van der Waals surface area (Å²) in [4.78, 5) is 23.9. The Balaban J connectivity index is 0.000000218. The summed E-state index contributed by atoms with van der Waals surface area (Å²) in [5.41, 5.74) is 5.93. The molecule has 4 rings (SSSR count). The van der Waals surface area contributed by atoms with Gasteiger partial charge in [-0.1, -0.05) is 86.3 Å². The van der Waals surface area contributed by atoms with E-state index >= 15 is 0 Å². The van der Waals surface area contributed by atoms with Gasteiger partial charge in [0.15, 0.2) is 0 Å². The van der Waals surface area contributed by atoms with E-state index in [1.807, 2.05) is 98.8 Å². The van der Waals surface area contributed by atoms with Crippen molar-refractivity contribution < 1.29 is 19.1 Å². The highest BCUT2D eigenvalue weighted by atomic mass is 16.5. The fourth-order valence-electron chi connectivity index (χ4n) is 3.81. The Hall–Kier alpha value is -4.18. The van der Waals surface area contributed by atoms with Crippen molar-refractivity contribution in [3.8, 4) is 11.5 Å². The van der Waals surface area contributed by atoms with Crippen LogP contribution in [0.2, 0.25) is 0 Å². The SMILES string of the molecule is CCCCCc1ccc(C(=O)Oc2ccc(C)cc2)cc1.CCc1ccc(OC(=O)c2ccc(C)cc2)cc1. The number of carbonyl (C=O) groups excluding carboxylic acids is 2. The maximum absolute atomic E-state index is 12.0. The number of carbonyl (C=O) groups is 2. The molecule has 0 fully saturated rings. The van der Waals surface area contributed by atoms with Gasteiger partial charge in [0.1, 0.15) is 11.5 Å². The van der Waals surface area contributed by atoms with E-state index in [0.717, 1.165) is 24.0 Å². The second-order valence-corrected chi connectivity index (χ2v) is 9.61. The summed E-state index contributed by atoms with van der Waals surface area (Å²) in [7, 11) is 0. The first-order valence-corrected chi connectivity index (χ1v) is 13.6. The Morgan fingerprint density at radius 2 is 0.949 bits per heavy atom. The van der Waals surface area contributed by atoms with Crippen LogP contribution < -0.4 is 9.47 Å². The summed E-state index contributed by atoms with van der Waals surface area (Å²) < 4.78 is 10.7. The van der Waals surface area contributed by atoms with Crippen LogP contribution in [-0.4, -0.2) is 11.9 Å². The van der Waals surface area contributed by atoms with Crippen LogP contribution in [0, 0.1) is 13.8 Å². The average molecular weight is 523 g/mol. The number of ether oxygens (including phenoxy) is 2. The molecule has 0 aliphatic heterocycles. The third kappa shape index (κ3) is 9.90. The molecule has 0 aliphatic carbocycles. The number of hydrogen-bond acceptors (Lipinski definition) is 4. The van der Waals surface area contributed by atoms with Gasteiger partial charge < -0.3 is 9.47 Å². The quantitative estimate of drug-likeness (QED) is 0.125. The highest BCUT2D eigenvalue weighted by Gasteiger charge is 2.09.